The van der Waals surface area contributed by atoms with Gasteiger partial charge in [-0.1, -0.05) is 0 Å². The van der Waals surface area contributed by atoms with Gasteiger partial charge in [-0.3, -0.25) is 4.98 Å². The van der Waals surface area contributed by atoms with E-state index in [-0.39, 0.29) is 12.0 Å². The number of aliphatic hydroxyl groups excluding tert-OH is 1. The number of carbonyl (C=O) groups excluding carboxylic acids is 1. The summed E-state index contributed by atoms with van der Waals surface area (Å²) in [5.74, 6) is 0.0629. The third-order valence-electron chi connectivity index (χ3n) is 3.01. The van der Waals surface area contributed by atoms with Gasteiger partial charge >= 0.3 is 6.09 Å². The second kappa shape index (κ2) is 5.46. The highest BCUT2D eigenvalue weighted by Crippen LogP contribution is 2.24. The number of ether oxygens (including phenoxy) is 1. The molecule has 0 aromatic carbocycles. The first-order valence-corrected chi connectivity index (χ1v) is 7.26. The topological polar surface area (TPSA) is 62.7 Å². The molecular formula is C13H20N2O3S. The highest BCUT2D eigenvalue weighted by atomic mass is 32.1. The van der Waals surface area contributed by atoms with Crippen molar-refractivity contribution in [3.63, 3.8) is 0 Å². The fourth-order valence-electron chi connectivity index (χ4n) is 2.13. The van der Waals surface area contributed by atoms with Gasteiger partial charge < -0.3 is 14.7 Å². The molecule has 1 aliphatic rings. The summed E-state index contributed by atoms with van der Waals surface area (Å²) in [4.78, 5) is 18.7. The number of β-amino-alcohol motifs (C(OH)–C–C–N with tert-alkyl or cyclic N) is 1. The predicted molar refractivity (Wildman–Crippen MR) is 73.1 cm³/mol. The lowest BCUT2D eigenvalue weighted by Crippen LogP contribution is -2.35. The smallest absolute Gasteiger partial charge is 0.410 e. The summed E-state index contributed by atoms with van der Waals surface area (Å²) in [7, 11) is 0. The Kier molecular flexibility index (Phi) is 4.10. The van der Waals surface area contributed by atoms with E-state index in [1.165, 1.54) is 0 Å². The molecule has 6 heteroatoms. The number of thiazole rings is 1. The summed E-state index contributed by atoms with van der Waals surface area (Å²) in [6.07, 6.45) is 1.73. The molecule has 0 aliphatic carbocycles. The van der Waals surface area contributed by atoms with Gasteiger partial charge in [0.2, 0.25) is 0 Å². The molecule has 1 fully saturated rings. The van der Waals surface area contributed by atoms with E-state index in [1.54, 1.807) is 21.7 Å². The molecule has 1 aliphatic heterocycles. The van der Waals surface area contributed by atoms with Gasteiger partial charge in [0.1, 0.15) is 5.60 Å². The maximum atomic E-state index is 11.9. The molecule has 2 heterocycles. The molecule has 1 amide bonds. The van der Waals surface area contributed by atoms with E-state index < -0.39 is 11.7 Å². The number of hydrogen-bond acceptors (Lipinski definition) is 5. The Bertz CT molecular complexity index is 428. The van der Waals surface area contributed by atoms with Gasteiger partial charge in [0.15, 0.2) is 0 Å². The molecule has 1 aromatic heterocycles. The molecule has 106 valence electrons. The second-order valence-corrected chi connectivity index (χ2v) is 6.86. The monoisotopic (exact) mass is 284 g/mol. The van der Waals surface area contributed by atoms with Gasteiger partial charge in [-0.2, -0.15) is 0 Å². The number of hydrogen-bond donors (Lipinski definition) is 1. The molecule has 2 rings (SSSR count). The number of amides is 1. The van der Waals surface area contributed by atoms with Crippen LogP contribution in [0.25, 0.3) is 0 Å². The third kappa shape index (κ3) is 3.91. The van der Waals surface area contributed by atoms with Crippen LogP contribution in [0.1, 0.15) is 25.6 Å². The van der Waals surface area contributed by atoms with E-state index in [9.17, 15) is 9.90 Å². The molecule has 0 spiro atoms. The van der Waals surface area contributed by atoms with Crippen molar-refractivity contribution < 1.29 is 14.6 Å². The van der Waals surface area contributed by atoms with Gasteiger partial charge in [0.25, 0.3) is 0 Å². The average molecular weight is 284 g/mol. The van der Waals surface area contributed by atoms with E-state index in [0.29, 0.717) is 13.1 Å². The SMILES string of the molecule is CC(C)(C)OC(=O)N1CC(O)C(Cc2cncs2)C1. The first-order valence-electron chi connectivity index (χ1n) is 6.38. The number of aromatic nitrogens is 1. The van der Waals surface area contributed by atoms with E-state index >= 15 is 0 Å². The van der Waals surface area contributed by atoms with E-state index in [0.717, 1.165) is 11.3 Å². The Morgan fingerprint density at radius 2 is 2.32 bits per heavy atom. The molecule has 1 saturated heterocycles. The molecule has 0 bridgehead atoms. The van der Waals surface area contributed by atoms with Crippen LogP contribution < -0.4 is 0 Å². The Morgan fingerprint density at radius 1 is 1.58 bits per heavy atom. The predicted octanol–water partition coefficient (Wildman–Crippen LogP) is 1.91. The zero-order chi connectivity index (χ0) is 14.0. The Labute approximate surface area is 117 Å². The third-order valence-corrected chi connectivity index (χ3v) is 3.81. The number of aliphatic hydroxyl groups is 1. The molecular weight excluding hydrogens is 264 g/mol. The lowest BCUT2D eigenvalue weighted by atomic mass is 10.0. The van der Waals surface area contributed by atoms with Crippen molar-refractivity contribution in [2.75, 3.05) is 13.1 Å². The minimum Gasteiger partial charge on any atom is -0.444 e. The largest absolute Gasteiger partial charge is 0.444 e. The van der Waals surface area contributed by atoms with Crippen LogP contribution in [-0.2, 0) is 11.2 Å². The van der Waals surface area contributed by atoms with Crippen LogP contribution >= 0.6 is 11.3 Å². The van der Waals surface area contributed by atoms with Crippen LogP contribution in [0.3, 0.4) is 0 Å². The first kappa shape index (κ1) is 14.3. The summed E-state index contributed by atoms with van der Waals surface area (Å²) in [6.45, 7) is 6.40. The molecule has 1 aromatic rings. The van der Waals surface area contributed by atoms with E-state index in [4.69, 9.17) is 4.74 Å². The van der Waals surface area contributed by atoms with Crippen LogP contribution in [0, 0.1) is 5.92 Å². The van der Waals surface area contributed by atoms with Crippen molar-refractivity contribution in [2.24, 2.45) is 5.92 Å². The van der Waals surface area contributed by atoms with Gasteiger partial charge in [-0.05, 0) is 27.2 Å². The summed E-state index contributed by atoms with van der Waals surface area (Å²) >= 11 is 1.57. The number of rotatable bonds is 2. The van der Waals surface area contributed by atoms with E-state index in [1.807, 2.05) is 27.0 Å². The maximum absolute atomic E-state index is 11.9. The van der Waals surface area contributed by atoms with Gasteiger partial charge in [-0.25, -0.2) is 4.79 Å². The van der Waals surface area contributed by atoms with Crippen LogP contribution in [0.4, 0.5) is 4.79 Å². The van der Waals surface area contributed by atoms with Crippen molar-refractivity contribution in [3.8, 4) is 0 Å². The molecule has 0 radical (unpaired) electrons. The molecule has 0 saturated carbocycles. The van der Waals surface area contributed by atoms with Crippen LogP contribution in [0.15, 0.2) is 11.7 Å². The first-order chi connectivity index (χ1) is 8.85. The summed E-state index contributed by atoms with van der Waals surface area (Å²) in [5.41, 5.74) is 1.28. The number of nitrogens with zero attached hydrogens (tertiary/aromatic N) is 2. The Morgan fingerprint density at radius 3 is 2.89 bits per heavy atom. The zero-order valence-corrected chi connectivity index (χ0v) is 12.3. The molecule has 5 nitrogen and oxygen atoms in total. The average Bonchev–Trinajstić information content (AvgIpc) is 2.88. The van der Waals surface area contributed by atoms with Gasteiger partial charge in [-0.15, -0.1) is 11.3 Å². The second-order valence-electron chi connectivity index (χ2n) is 5.88. The molecule has 2 atom stereocenters. The lowest BCUT2D eigenvalue weighted by Gasteiger charge is -2.24. The maximum Gasteiger partial charge on any atom is 0.410 e. The van der Waals surface area contributed by atoms with Gasteiger partial charge in [0, 0.05) is 23.5 Å². The minimum atomic E-state index is -0.502. The van der Waals surface area contributed by atoms with Crippen LogP contribution in [0.5, 0.6) is 0 Å². The molecule has 2 unspecified atom stereocenters. The Balaban J connectivity index is 1.91. The molecule has 1 N–H and O–H groups in total. The quantitative estimate of drug-likeness (QED) is 0.901. The van der Waals surface area contributed by atoms with Crippen molar-refractivity contribution in [1.82, 2.24) is 9.88 Å². The van der Waals surface area contributed by atoms with Crippen LogP contribution in [0.2, 0.25) is 0 Å². The van der Waals surface area contributed by atoms with E-state index in [2.05, 4.69) is 4.98 Å². The standard InChI is InChI=1S/C13H20N2O3S/c1-13(2,3)18-12(17)15-6-9(11(16)7-15)4-10-5-14-8-19-10/h5,8-9,11,16H,4,6-7H2,1-3H3. The number of likely N-dealkylation sites (tertiary alicyclic amines) is 1. The normalized spacial score (nSPS) is 23.7. The lowest BCUT2D eigenvalue weighted by molar-refractivity contribution is 0.0270. The van der Waals surface area contributed by atoms with Crippen molar-refractivity contribution in [2.45, 2.75) is 38.9 Å². The van der Waals surface area contributed by atoms with Crippen molar-refractivity contribution in [3.05, 3.63) is 16.6 Å². The fourth-order valence-corrected chi connectivity index (χ4v) is 2.82. The van der Waals surface area contributed by atoms with Gasteiger partial charge in [0.05, 0.1) is 18.2 Å². The molecule has 19 heavy (non-hydrogen) atoms. The highest BCUT2D eigenvalue weighted by Gasteiger charge is 2.36. The van der Waals surface area contributed by atoms with Crippen LogP contribution in [-0.4, -0.2) is 45.9 Å². The summed E-state index contributed by atoms with van der Waals surface area (Å²) in [6, 6.07) is 0. The fraction of sp³-hybridized carbons (Fsp3) is 0.692. The minimum absolute atomic E-state index is 0.0629. The zero-order valence-electron chi connectivity index (χ0n) is 11.5. The summed E-state index contributed by atoms with van der Waals surface area (Å²) in [5, 5.41) is 10.0. The number of carbonyl (C=O) groups is 1. The Hall–Kier alpha value is -1.14. The highest BCUT2D eigenvalue weighted by molar-refractivity contribution is 7.09. The summed E-state index contributed by atoms with van der Waals surface area (Å²) < 4.78 is 5.32. The van der Waals surface area contributed by atoms with Crippen molar-refractivity contribution in [1.29, 1.82) is 0 Å². The van der Waals surface area contributed by atoms with Crippen molar-refractivity contribution >= 4 is 17.4 Å².